The Kier molecular flexibility index (Phi) is 14.3. The summed E-state index contributed by atoms with van der Waals surface area (Å²) in [4.78, 5) is 23.7. The van der Waals surface area contributed by atoms with Crippen LogP contribution in [0.25, 0.3) is 0 Å². The van der Waals surface area contributed by atoms with Crippen molar-refractivity contribution in [2.75, 3.05) is 6.54 Å². The second kappa shape index (κ2) is 16.5. The molecule has 1 aromatic rings. The summed E-state index contributed by atoms with van der Waals surface area (Å²) in [6.45, 7) is 2.93. The first-order valence-electron chi connectivity index (χ1n) is 11.0. The van der Waals surface area contributed by atoms with Crippen molar-refractivity contribution in [1.82, 2.24) is 5.32 Å². The van der Waals surface area contributed by atoms with E-state index >= 15 is 0 Å². The summed E-state index contributed by atoms with van der Waals surface area (Å²) in [6.07, 6.45) is 14.4. The molecule has 0 spiro atoms. The summed E-state index contributed by atoms with van der Waals surface area (Å²) in [7, 11) is 0. The van der Waals surface area contributed by atoms with E-state index in [4.69, 9.17) is 0 Å². The van der Waals surface area contributed by atoms with Crippen LogP contribution in [0.5, 0.6) is 0 Å². The third-order valence-corrected chi connectivity index (χ3v) is 5.00. The predicted octanol–water partition coefficient (Wildman–Crippen LogP) is 6.01. The molecule has 3 nitrogen and oxygen atoms in total. The number of hydrogen-bond donors (Lipinski definition) is 1. The highest BCUT2D eigenvalue weighted by molar-refractivity contribution is 5.78. The molecule has 0 unspecified atom stereocenters. The maximum Gasteiger partial charge on any atom is 0.220 e. The van der Waals surface area contributed by atoms with Gasteiger partial charge in [-0.3, -0.25) is 9.59 Å². The van der Waals surface area contributed by atoms with Crippen molar-refractivity contribution in [1.29, 1.82) is 0 Å². The molecule has 0 aliphatic heterocycles. The van der Waals surface area contributed by atoms with Crippen molar-refractivity contribution in [3.05, 3.63) is 35.9 Å². The van der Waals surface area contributed by atoms with Crippen LogP contribution in [-0.2, 0) is 16.0 Å². The van der Waals surface area contributed by atoms with E-state index in [2.05, 4.69) is 24.4 Å². The minimum atomic E-state index is 0.125. The van der Waals surface area contributed by atoms with Gasteiger partial charge >= 0.3 is 0 Å². The molecule has 1 aromatic carbocycles. The van der Waals surface area contributed by atoms with Crippen LogP contribution in [0.15, 0.2) is 30.3 Å². The Hall–Kier alpha value is -1.64. The van der Waals surface area contributed by atoms with E-state index in [0.29, 0.717) is 25.2 Å². The number of carbonyl (C=O) groups excluding carboxylic acids is 2. The molecule has 0 aliphatic carbocycles. The van der Waals surface area contributed by atoms with E-state index in [0.717, 1.165) is 38.5 Å². The van der Waals surface area contributed by atoms with E-state index in [1.54, 1.807) is 0 Å². The number of rotatable bonds is 17. The van der Waals surface area contributed by atoms with Gasteiger partial charge in [-0.1, -0.05) is 82.2 Å². The number of hydrogen-bond acceptors (Lipinski definition) is 2. The van der Waals surface area contributed by atoms with Crippen LogP contribution in [-0.4, -0.2) is 18.2 Å². The smallest absolute Gasteiger partial charge is 0.220 e. The molecule has 1 rings (SSSR count). The summed E-state index contributed by atoms with van der Waals surface area (Å²) in [5.41, 5.74) is 1.25. The van der Waals surface area contributed by atoms with Gasteiger partial charge in [0.1, 0.15) is 5.78 Å². The van der Waals surface area contributed by atoms with Gasteiger partial charge in [0, 0.05) is 25.8 Å². The van der Waals surface area contributed by atoms with Gasteiger partial charge in [0.2, 0.25) is 5.91 Å². The summed E-state index contributed by atoms with van der Waals surface area (Å²) in [6, 6.07) is 10.2. The molecule has 0 aromatic heterocycles. The third-order valence-electron chi connectivity index (χ3n) is 5.00. The second-order valence-electron chi connectivity index (χ2n) is 7.56. The van der Waals surface area contributed by atoms with Crippen LogP contribution in [0.2, 0.25) is 0 Å². The van der Waals surface area contributed by atoms with Gasteiger partial charge in [-0.05, 0) is 31.2 Å². The number of benzene rings is 1. The second-order valence-corrected chi connectivity index (χ2v) is 7.56. The molecule has 27 heavy (non-hydrogen) atoms. The van der Waals surface area contributed by atoms with Crippen molar-refractivity contribution in [2.24, 2.45) is 0 Å². The molecule has 1 amide bonds. The highest BCUT2D eigenvalue weighted by atomic mass is 16.1. The molecule has 0 fully saturated rings. The van der Waals surface area contributed by atoms with E-state index < -0.39 is 0 Å². The lowest BCUT2D eigenvalue weighted by Crippen LogP contribution is -2.25. The van der Waals surface area contributed by atoms with Crippen molar-refractivity contribution in [3.63, 3.8) is 0 Å². The van der Waals surface area contributed by atoms with Gasteiger partial charge in [0.15, 0.2) is 0 Å². The number of amides is 1. The molecule has 1 N–H and O–H groups in total. The largest absolute Gasteiger partial charge is 0.356 e. The zero-order valence-corrected chi connectivity index (χ0v) is 17.3. The molecule has 0 atom stereocenters. The molecule has 0 radical (unpaired) electrons. The molecule has 0 bridgehead atoms. The maximum absolute atomic E-state index is 11.9. The third kappa shape index (κ3) is 14.1. The Labute approximate surface area is 166 Å². The van der Waals surface area contributed by atoms with E-state index in [1.165, 1.54) is 44.1 Å². The fourth-order valence-electron chi connectivity index (χ4n) is 3.27. The molecular formula is C24H39NO2. The fourth-order valence-corrected chi connectivity index (χ4v) is 3.27. The summed E-state index contributed by atoms with van der Waals surface area (Å²) in [5, 5.41) is 2.98. The fraction of sp³-hybridized carbons (Fsp3) is 0.667. The monoisotopic (exact) mass is 373 g/mol. The Bertz CT molecular complexity index is 498. The van der Waals surface area contributed by atoms with Crippen molar-refractivity contribution in [3.8, 4) is 0 Å². The topological polar surface area (TPSA) is 46.2 Å². The highest BCUT2D eigenvalue weighted by Gasteiger charge is 2.04. The Morgan fingerprint density at radius 1 is 0.741 bits per heavy atom. The zero-order chi connectivity index (χ0) is 19.6. The number of carbonyl (C=O) groups is 2. The number of unbranched alkanes of at least 4 members (excludes halogenated alkanes) is 8. The van der Waals surface area contributed by atoms with Gasteiger partial charge in [0.25, 0.3) is 0 Å². The zero-order valence-electron chi connectivity index (χ0n) is 17.3. The van der Waals surface area contributed by atoms with Gasteiger partial charge in [-0.2, -0.15) is 0 Å². The van der Waals surface area contributed by atoms with Gasteiger partial charge in [0.05, 0.1) is 0 Å². The first kappa shape index (κ1) is 23.4. The van der Waals surface area contributed by atoms with Gasteiger partial charge < -0.3 is 5.32 Å². The van der Waals surface area contributed by atoms with Crippen LogP contribution >= 0.6 is 0 Å². The molecular weight excluding hydrogens is 334 g/mol. The highest BCUT2D eigenvalue weighted by Crippen LogP contribution is 2.11. The van der Waals surface area contributed by atoms with Crippen molar-refractivity contribution < 1.29 is 9.59 Å². The first-order chi connectivity index (χ1) is 13.2. The van der Waals surface area contributed by atoms with Crippen LogP contribution in [0, 0.1) is 0 Å². The molecule has 0 aliphatic rings. The lowest BCUT2D eigenvalue weighted by molar-refractivity contribution is -0.121. The molecule has 3 heteroatoms. The molecule has 0 saturated carbocycles. The molecule has 0 heterocycles. The van der Waals surface area contributed by atoms with Gasteiger partial charge in [-0.25, -0.2) is 0 Å². The molecule has 152 valence electrons. The minimum absolute atomic E-state index is 0.125. The Morgan fingerprint density at radius 3 is 1.96 bits per heavy atom. The molecule has 0 saturated heterocycles. The van der Waals surface area contributed by atoms with E-state index in [-0.39, 0.29) is 5.91 Å². The summed E-state index contributed by atoms with van der Waals surface area (Å²) >= 11 is 0. The minimum Gasteiger partial charge on any atom is -0.356 e. The number of Topliss-reactive ketones (excluding diaryl/α,β-unsaturated/α-hetero) is 1. The average molecular weight is 374 g/mol. The van der Waals surface area contributed by atoms with E-state index in [1.807, 2.05) is 18.2 Å². The van der Waals surface area contributed by atoms with Crippen LogP contribution in [0.3, 0.4) is 0 Å². The SMILES string of the molecule is CCCCCCCCCC(=O)CCCCCC(=O)NCCc1ccccc1. The van der Waals surface area contributed by atoms with Crippen molar-refractivity contribution in [2.45, 2.75) is 96.8 Å². The van der Waals surface area contributed by atoms with Crippen LogP contribution in [0.1, 0.15) is 96.0 Å². The lowest BCUT2D eigenvalue weighted by atomic mass is 10.0. The predicted molar refractivity (Wildman–Crippen MR) is 114 cm³/mol. The Morgan fingerprint density at radius 2 is 1.30 bits per heavy atom. The lowest BCUT2D eigenvalue weighted by Gasteiger charge is -2.05. The van der Waals surface area contributed by atoms with Crippen molar-refractivity contribution >= 4 is 11.7 Å². The number of ketones is 1. The first-order valence-corrected chi connectivity index (χ1v) is 11.0. The van der Waals surface area contributed by atoms with Crippen LogP contribution < -0.4 is 5.32 Å². The van der Waals surface area contributed by atoms with Gasteiger partial charge in [-0.15, -0.1) is 0 Å². The summed E-state index contributed by atoms with van der Waals surface area (Å²) in [5.74, 6) is 0.524. The normalized spacial score (nSPS) is 10.7. The standard InChI is InChI=1S/C24H39NO2/c1-2-3-4-5-6-7-12-17-23(26)18-13-9-14-19-24(27)25-21-20-22-15-10-8-11-16-22/h8,10-11,15-16H,2-7,9,12-14,17-21H2,1H3,(H,25,27). The van der Waals surface area contributed by atoms with Crippen LogP contribution in [0.4, 0.5) is 0 Å². The summed E-state index contributed by atoms with van der Waals surface area (Å²) < 4.78 is 0. The maximum atomic E-state index is 11.9. The number of nitrogens with one attached hydrogen (secondary N) is 1. The average Bonchev–Trinajstić information content (AvgIpc) is 2.68. The quantitative estimate of drug-likeness (QED) is 0.340. The Balaban J connectivity index is 1.88. The van der Waals surface area contributed by atoms with E-state index in [9.17, 15) is 9.59 Å².